The number of allylic oxidation sites excluding steroid dienone is 2. The van der Waals surface area contributed by atoms with Crippen LogP contribution in [0.3, 0.4) is 0 Å². The molecule has 4 rings (SSSR count). The molecule has 0 fully saturated rings. The molecule has 2 nitrogen and oxygen atoms in total. The van der Waals surface area contributed by atoms with Gasteiger partial charge in [0.1, 0.15) is 0 Å². The van der Waals surface area contributed by atoms with E-state index in [1.54, 1.807) is 24.3 Å². The highest BCUT2D eigenvalue weighted by molar-refractivity contribution is 8.18. The molecule has 2 aliphatic heterocycles. The molecule has 2 aromatic rings. The molecule has 5 heteroatoms. The number of nitrogens with zero attached hydrogens (tertiary/aromatic N) is 2. The maximum Gasteiger partial charge on any atom is 0.387 e. The van der Waals surface area contributed by atoms with Crippen molar-refractivity contribution in [1.29, 1.82) is 0 Å². The van der Waals surface area contributed by atoms with E-state index >= 15 is 0 Å². The fraction of sp³-hybridized carbons (Fsp3) is 0.0625. The van der Waals surface area contributed by atoms with Crippen molar-refractivity contribution >= 4 is 23.0 Å². The highest BCUT2D eigenvalue weighted by Crippen LogP contribution is 2.60. The van der Waals surface area contributed by atoms with Gasteiger partial charge in [-0.3, -0.25) is 0 Å². The van der Waals surface area contributed by atoms with Crippen molar-refractivity contribution in [1.82, 2.24) is 3.97 Å². The molecule has 0 saturated carbocycles. The Morgan fingerprint density at radius 2 is 1.86 bits per heavy atom. The molecule has 1 aromatic carbocycles. The third-order valence-corrected chi connectivity index (χ3v) is 5.34. The van der Waals surface area contributed by atoms with Gasteiger partial charge in [-0.2, -0.15) is 0 Å². The molecule has 106 valence electrons. The van der Waals surface area contributed by atoms with E-state index in [1.807, 2.05) is 31.2 Å². The normalized spacial score (nSPS) is 20.0. The minimum atomic E-state index is -4.05. The highest BCUT2D eigenvalue weighted by Gasteiger charge is 2.49. The topological polar surface area (TPSA) is 7.94 Å². The lowest BCUT2D eigenvalue weighted by molar-refractivity contribution is -0.296. The summed E-state index contributed by atoms with van der Waals surface area (Å²) in [5.41, 5.74) is 4.10. The van der Waals surface area contributed by atoms with Gasteiger partial charge >= 0.3 is 11.2 Å². The van der Waals surface area contributed by atoms with Crippen molar-refractivity contribution in [2.24, 2.45) is 0 Å². The molecular weight excluding hydrogens is 290 g/mol. The van der Waals surface area contributed by atoms with Crippen molar-refractivity contribution in [2.75, 3.05) is 0 Å². The summed E-state index contributed by atoms with van der Waals surface area (Å²) in [6.07, 6.45) is 6.35. The molecule has 0 bridgehead atoms. The number of hydrogen-bond acceptors (Lipinski definition) is 0. The van der Waals surface area contributed by atoms with Crippen molar-refractivity contribution < 1.29 is 11.8 Å². The zero-order valence-corrected chi connectivity index (χ0v) is 12.1. The Morgan fingerprint density at radius 1 is 1.10 bits per heavy atom. The smallest absolute Gasteiger partial charge is 0.208 e. The summed E-state index contributed by atoms with van der Waals surface area (Å²) in [5, 5.41) is 0. The quantitative estimate of drug-likeness (QED) is 0.687. The van der Waals surface area contributed by atoms with Gasteiger partial charge in [0.2, 0.25) is 5.70 Å². The molecule has 0 atom stereocenters. The number of hydrogen-bond donors (Lipinski definition) is 0. The number of fused-ring (bicyclic) bond motifs is 2. The monoisotopic (exact) mass is 303 g/mol. The maximum atomic E-state index is 14.6. The van der Waals surface area contributed by atoms with Gasteiger partial charge in [0.25, 0.3) is 0 Å². The fourth-order valence-electron chi connectivity index (χ4n) is 2.74. The van der Waals surface area contributed by atoms with Gasteiger partial charge in [0, 0.05) is 18.3 Å². The summed E-state index contributed by atoms with van der Waals surface area (Å²) in [4.78, 5) is 0. The third-order valence-electron chi connectivity index (χ3n) is 3.75. The van der Waals surface area contributed by atoms with E-state index in [4.69, 9.17) is 0 Å². The molecule has 21 heavy (non-hydrogen) atoms. The van der Waals surface area contributed by atoms with Gasteiger partial charge in [-0.15, -0.1) is 0 Å². The predicted octanol–water partition coefficient (Wildman–Crippen LogP) is 4.47. The number of benzene rings is 1. The number of rotatable bonds is 1. The van der Waals surface area contributed by atoms with E-state index in [2.05, 4.69) is 0 Å². The largest absolute Gasteiger partial charge is 0.387 e. The summed E-state index contributed by atoms with van der Waals surface area (Å²) in [6.45, 7) is 2.01. The van der Waals surface area contributed by atoms with Crippen LogP contribution < -0.4 is 0 Å². The Balaban J connectivity index is 2.04. The van der Waals surface area contributed by atoms with Crippen molar-refractivity contribution in [3.05, 3.63) is 77.3 Å². The fourth-order valence-corrected chi connectivity index (χ4v) is 4.14. The molecular formula is C16H13F2N2S+. The standard InChI is InChI=1S/C16H13F2N2S/c1-12-6-8-13(9-7-12)16-14-4-2-10-19(14)21(17,18)20-11-3-5-15(16)20/h2-11H,1H3/q+1. The second-order valence-electron chi connectivity index (χ2n) is 5.10. The van der Waals surface area contributed by atoms with Crippen molar-refractivity contribution in [3.63, 3.8) is 0 Å². The minimum Gasteiger partial charge on any atom is -0.208 e. The Hall–Kier alpha value is -2.14. The second kappa shape index (κ2) is 4.18. The number of aromatic nitrogens is 1. The SMILES string of the molecule is Cc1ccc(C2=C3C=CC=[N+]3S(F)(F)n3cccc32)cc1. The van der Waals surface area contributed by atoms with Crippen LogP contribution in [0.1, 0.15) is 16.8 Å². The molecule has 0 amide bonds. The Kier molecular flexibility index (Phi) is 2.50. The van der Waals surface area contributed by atoms with Crippen LogP contribution in [0.2, 0.25) is 0 Å². The van der Waals surface area contributed by atoms with Crippen molar-refractivity contribution in [3.8, 4) is 0 Å². The first-order valence-electron chi connectivity index (χ1n) is 6.62. The number of halogens is 2. The molecule has 0 unspecified atom stereocenters. The third kappa shape index (κ3) is 1.67. The van der Waals surface area contributed by atoms with Gasteiger partial charge in [-0.1, -0.05) is 41.6 Å². The lowest BCUT2D eigenvalue weighted by Gasteiger charge is -2.26. The summed E-state index contributed by atoms with van der Waals surface area (Å²) in [5.74, 6) is 0. The summed E-state index contributed by atoms with van der Waals surface area (Å²) in [7, 11) is 0. The summed E-state index contributed by atoms with van der Waals surface area (Å²) < 4.78 is 31.4. The van der Waals surface area contributed by atoms with Crippen LogP contribution in [-0.2, 0) is 0 Å². The van der Waals surface area contributed by atoms with Crippen LogP contribution in [0.5, 0.6) is 0 Å². The van der Waals surface area contributed by atoms with Crippen LogP contribution in [-0.4, -0.2) is 14.2 Å². The molecule has 0 spiro atoms. The summed E-state index contributed by atoms with van der Waals surface area (Å²) in [6, 6.07) is 11.4. The molecule has 0 saturated heterocycles. The molecule has 3 heterocycles. The average molecular weight is 303 g/mol. The van der Waals surface area contributed by atoms with E-state index in [0.717, 1.165) is 24.7 Å². The first kappa shape index (κ1) is 12.6. The van der Waals surface area contributed by atoms with E-state index < -0.39 is 11.2 Å². The zero-order chi connectivity index (χ0) is 14.6. The van der Waals surface area contributed by atoms with E-state index in [-0.39, 0.29) is 0 Å². The van der Waals surface area contributed by atoms with Crippen LogP contribution >= 0.6 is 11.2 Å². The molecule has 0 aliphatic carbocycles. The van der Waals surface area contributed by atoms with Gasteiger partial charge in [0.15, 0.2) is 6.21 Å². The highest BCUT2D eigenvalue weighted by atomic mass is 32.3. The summed E-state index contributed by atoms with van der Waals surface area (Å²) >= 11 is -4.05. The lowest BCUT2D eigenvalue weighted by Crippen LogP contribution is -2.22. The first-order valence-corrected chi connectivity index (χ1v) is 7.97. The predicted molar refractivity (Wildman–Crippen MR) is 82.3 cm³/mol. The van der Waals surface area contributed by atoms with Crippen LogP contribution in [0.15, 0.2) is 60.4 Å². The molecule has 2 aliphatic rings. The minimum absolute atomic E-state index is 0.574. The van der Waals surface area contributed by atoms with E-state index in [1.165, 1.54) is 12.4 Å². The van der Waals surface area contributed by atoms with Gasteiger partial charge in [-0.25, -0.2) is 3.97 Å². The zero-order valence-electron chi connectivity index (χ0n) is 11.3. The Morgan fingerprint density at radius 3 is 2.62 bits per heavy atom. The average Bonchev–Trinajstić information content (AvgIpc) is 3.10. The molecule has 0 N–H and O–H groups in total. The maximum absolute atomic E-state index is 14.6. The van der Waals surface area contributed by atoms with Crippen molar-refractivity contribution in [2.45, 2.75) is 6.92 Å². The van der Waals surface area contributed by atoms with E-state index in [9.17, 15) is 7.77 Å². The number of aryl methyl sites for hydroxylation is 1. The van der Waals surface area contributed by atoms with E-state index in [0.29, 0.717) is 11.4 Å². The lowest BCUT2D eigenvalue weighted by atomic mass is 9.99. The molecule has 1 aromatic heterocycles. The second-order valence-corrected chi connectivity index (χ2v) is 6.71. The first-order chi connectivity index (χ1) is 10.1. The van der Waals surface area contributed by atoms with Gasteiger partial charge in [-0.05, 0) is 24.6 Å². The van der Waals surface area contributed by atoms with Gasteiger partial charge in [0.05, 0.1) is 11.3 Å². The van der Waals surface area contributed by atoms with Gasteiger partial charge < -0.3 is 0 Å². The Bertz CT molecular complexity index is 826. The van der Waals surface area contributed by atoms with Crippen LogP contribution in [0.25, 0.3) is 5.57 Å². The van der Waals surface area contributed by atoms with Crippen LogP contribution in [0, 0.1) is 6.92 Å². The Labute approximate surface area is 123 Å². The van der Waals surface area contributed by atoms with Crippen LogP contribution in [0.4, 0.5) is 7.77 Å². The molecule has 0 radical (unpaired) electrons.